The fourth-order valence-corrected chi connectivity index (χ4v) is 3.08. The molecule has 0 aliphatic rings. The number of anilines is 1. The van der Waals surface area contributed by atoms with Crippen LogP contribution in [0.4, 0.5) is 5.82 Å². The number of hydrogen-bond acceptors (Lipinski definition) is 8. The number of hydrogen-bond donors (Lipinski definition) is 1. The first-order valence-electron chi connectivity index (χ1n) is 9.38. The standard InChI is InChI=1S/C21H22Cl2N4O4/c1-28-5-7-30-19-10-16-18(11-20(19)31-8-6-29-2)24-13-25-21(16)27-26-12-14-3-4-15(22)9-17(14)23/h3-4,9-13H,5-8H2,1-2H3,(H,24,25,27)/b26-12+. The Labute approximate surface area is 190 Å². The summed E-state index contributed by atoms with van der Waals surface area (Å²) in [5.74, 6) is 1.61. The van der Waals surface area contributed by atoms with Gasteiger partial charge in [-0.3, -0.25) is 5.43 Å². The van der Waals surface area contributed by atoms with E-state index in [0.717, 1.165) is 0 Å². The Balaban J connectivity index is 1.87. The third-order valence-electron chi connectivity index (χ3n) is 4.13. The summed E-state index contributed by atoms with van der Waals surface area (Å²) in [4.78, 5) is 8.61. The zero-order valence-corrected chi connectivity index (χ0v) is 18.6. The summed E-state index contributed by atoms with van der Waals surface area (Å²) < 4.78 is 21.7. The molecule has 31 heavy (non-hydrogen) atoms. The van der Waals surface area contributed by atoms with Crippen LogP contribution < -0.4 is 14.9 Å². The lowest BCUT2D eigenvalue weighted by Gasteiger charge is -2.14. The number of aromatic nitrogens is 2. The molecule has 0 amide bonds. The summed E-state index contributed by atoms with van der Waals surface area (Å²) in [6, 6.07) is 8.77. The van der Waals surface area contributed by atoms with Gasteiger partial charge in [-0.1, -0.05) is 29.3 Å². The van der Waals surface area contributed by atoms with E-state index in [2.05, 4.69) is 20.5 Å². The van der Waals surface area contributed by atoms with Gasteiger partial charge in [-0.25, -0.2) is 9.97 Å². The van der Waals surface area contributed by atoms with E-state index in [1.165, 1.54) is 6.33 Å². The van der Waals surface area contributed by atoms with Crippen molar-refractivity contribution in [2.24, 2.45) is 5.10 Å². The van der Waals surface area contributed by atoms with E-state index in [1.807, 2.05) is 0 Å². The quantitative estimate of drug-likeness (QED) is 0.255. The predicted octanol–water partition coefficient (Wildman–Crippen LogP) is 4.43. The van der Waals surface area contributed by atoms with E-state index >= 15 is 0 Å². The van der Waals surface area contributed by atoms with Gasteiger partial charge in [-0.05, 0) is 18.2 Å². The summed E-state index contributed by atoms with van der Waals surface area (Å²) in [7, 11) is 3.23. The Hall–Kier alpha value is -2.65. The van der Waals surface area contributed by atoms with Gasteiger partial charge in [0.25, 0.3) is 0 Å². The molecule has 0 radical (unpaired) electrons. The lowest BCUT2D eigenvalue weighted by Crippen LogP contribution is -2.09. The molecule has 0 bridgehead atoms. The summed E-state index contributed by atoms with van der Waals surface area (Å²) >= 11 is 12.1. The number of methoxy groups -OCH3 is 2. The van der Waals surface area contributed by atoms with E-state index in [9.17, 15) is 0 Å². The van der Waals surface area contributed by atoms with Crippen molar-refractivity contribution in [2.45, 2.75) is 0 Å². The molecule has 0 aliphatic carbocycles. The molecule has 10 heteroatoms. The predicted molar refractivity (Wildman–Crippen MR) is 122 cm³/mol. The van der Waals surface area contributed by atoms with Crippen molar-refractivity contribution in [3.63, 3.8) is 0 Å². The molecule has 8 nitrogen and oxygen atoms in total. The first-order valence-corrected chi connectivity index (χ1v) is 10.1. The fourth-order valence-electron chi connectivity index (χ4n) is 2.62. The number of nitrogens with zero attached hydrogens (tertiary/aromatic N) is 3. The summed E-state index contributed by atoms with van der Waals surface area (Å²) in [5, 5.41) is 6.01. The number of nitrogens with one attached hydrogen (secondary N) is 1. The Morgan fingerprint density at radius 2 is 1.65 bits per heavy atom. The molecule has 0 unspecified atom stereocenters. The molecule has 1 heterocycles. The molecule has 1 N–H and O–H groups in total. The molecule has 164 valence electrons. The second kappa shape index (κ2) is 11.7. The Kier molecular flexibility index (Phi) is 8.66. The van der Waals surface area contributed by atoms with Gasteiger partial charge in [0, 0.05) is 36.3 Å². The Morgan fingerprint density at radius 1 is 0.935 bits per heavy atom. The van der Waals surface area contributed by atoms with E-state index in [-0.39, 0.29) is 0 Å². The number of rotatable bonds is 11. The average molecular weight is 465 g/mol. The minimum Gasteiger partial charge on any atom is -0.487 e. The van der Waals surface area contributed by atoms with Crippen molar-refractivity contribution in [1.29, 1.82) is 0 Å². The smallest absolute Gasteiger partial charge is 0.163 e. The minimum absolute atomic E-state index is 0.367. The lowest BCUT2D eigenvalue weighted by atomic mass is 10.2. The second-order valence-corrected chi connectivity index (χ2v) is 7.10. The van der Waals surface area contributed by atoms with Crippen molar-refractivity contribution in [1.82, 2.24) is 9.97 Å². The third-order valence-corrected chi connectivity index (χ3v) is 4.69. The van der Waals surface area contributed by atoms with E-state index in [4.69, 9.17) is 42.1 Å². The van der Waals surface area contributed by atoms with Crippen molar-refractivity contribution >= 4 is 46.1 Å². The van der Waals surface area contributed by atoms with Gasteiger partial charge in [0.2, 0.25) is 0 Å². The van der Waals surface area contributed by atoms with Gasteiger partial charge in [0.15, 0.2) is 17.3 Å². The topological polar surface area (TPSA) is 87.1 Å². The maximum absolute atomic E-state index is 6.18. The van der Waals surface area contributed by atoms with Crippen LogP contribution in [0.1, 0.15) is 5.56 Å². The van der Waals surface area contributed by atoms with Crippen LogP contribution in [0.5, 0.6) is 11.5 Å². The summed E-state index contributed by atoms with van der Waals surface area (Å²) in [6.45, 7) is 1.64. The summed E-state index contributed by atoms with van der Waals surface area (Å²) in [5.41, 5.74) is 4.32. The molecule has 0 atom stereocenters. The van der Waals surface area contributed by atoms with Crippen LogP contribution in [-0.4, -0.2) is 56.8 Å². The first-order chi connectivity index (χ1) is 15.1. The SMILES string of the molecule is COCCOc1cc2ncnc(N/N=C/c3ccc(Cl)cc3Cl)c2cc1OCCOC. The van der Waals surface area contributed by atoms with E-state index in [1.54, 1.807) is 50.8 Å². The largest absolute Gasteiger partial charge is 0.487 e. The third kappa shape index (κ3) is 6.41. The molecule has 0 spiro atoms. The monoisotopic (exact) mass is 464 g/mol. The molecule has 1 aromatic heterocycles. The van der Waals surface area contributed by atoms with Gasteiger partial charge < -0.3 is 18.9 Å². The minimum atomic E-state index is 0.367. The molecular formula is C21H22Cl2N4O4. The maximum atomic E-state index is 6.18. The van der Waals surface area contributed by atoms with Crippen molar-refractivity contribution < 1.29 is 18.9 Å². The van der Waals surface area contributed by atoms with Crippen LogP contribution in [0.3, 0.4) is 0 Å². The summed E-state index contributed by atoms with van der Waals surface area (Å²) in [6.07, 6.45) is 3.03. The molecule has 3 rings (SSSR count). The first kappa shape index (κ1) is 23.0. The highest BCUT2D eigenvalue weighted by atomic mass is 35.5. The highest BCUT2D eigenvalue weighted by Gasteiger charge is 2.12. The fraction of sp³-hybridized carbons (Fsp3) is 0.286. The molecule has 0 aliphatic heterocycles. The Bertz CT molecular complexity index is 1050. The molecule has 0 saturated carbocycles. The van der Waals surface area contributed by atoms with Gasteiger partial charge in [-0.15, -0.1) is 0 Å². The molecule has 0 fully saturated rings. The van der Waals surface area contributed by atoms with Gasteiger partial charge >= 0.3 is 0 Å². The van der Waals surface area contributed by atoms with Gasteiger partial charge in [0.1, 0.15) is 19.5 Å². The van der Waals surface area contributed by atoms with Gasteiger partial charge in [-0.2, -0.15) is 5.10 Å². The zero-order chi connectivity index (χ0) is 22.1. The molecular weight excluding hydrogens is 443 g/mol. The number of hydrazone groups is 1. The average Bonchev–Trinajstić information content (AvgIpc) is 2.76. The van der Waals surface area contributed by atoms with Crippen LogP contribution in [0.2, 0.25) is 10.0 Å². The van der Waals surface area contributed by atoms with Crippen LogP contribution in [0.25, 0.3) is 10.9 Å². The van der Waals surface area contributed by atoms with E-state index in [0.29, 0.717) is 70.3 Å². The second-order valence-electron chi connectivity index (χ2n) is 6.26. The molecule has 3 aromatic rings. The maximum Gasteiger partial charge on any atom is 0.163 e. The van der Waals surface area contributed by atoms with Crippen LogP contribution in [0.15, 0.2) is 41.8 Å². The number of benzene rings is 2. The van der Waals surface area contributed by atoms with Crippen LogP contribution in [0, 0.1) is 0 Å². The van der Waals surface area contributed by atoms with Crippen molar-refractivity contribution in [3.8, 4) is 11.5 Å². The van der Waals surface area contributed by atoms with Crippen molar-refractivity contribution in [3.05, 3.63) is 52.3 Å². The Morgan fingerprint density at radius 3 is 2.32 bits per heavy atom. The molecule has 2 aromatic carbocycles. The zero-order valence-electron chi connectivity index (χ0n) is 17.1. The normalized spacial score (nSPS) is 11.2. The highest BCUT2D eigenvalue weighted by molar-refractivity contribution is 6.36. The van der Waals surface area contributed by atoms with Crippen LogP contribution in [-0.2, 0) is 9.47 Å². The number of ether oxygens (including phenoxy) is 4. The van der Waals surface area contributed by atoms with Crippen LogP contribution >= 0.6 is 23.2 Å². The molecule has 0 saturated heterocycles. The highest BCUT2D eigenvalue weighted by Crippen LogP contribution is 2.34. The van der Waals surface area contributed by atoms with E-state index < -0.39 is 0 Å². The lowest BCUT2D eigenvalue weighted by molar-refractivity contribution is 0.132. The van der Waals surface area contributed by atoms with Crippen molar-refractivity contribution in [2.75, 3.05) is 46.1 Å². The number of fused-ring (bicyclic) bond motifs is 1. The number of halogens is 2. The van der Waals surface area contributed by atoms with Gasteiger partial charge in [0.05, 0.1) is 30.0 Å².